The molecule has 0 saturated carbocycles. The minimum atomic E-state index is -0.381. The van der Waals surface area contributed by atoms with E-state index in [1.807, 2.05) is 12.1 Å². The molecule has 1 amide bonds. The van der Waals surface area contributed by atoms with Gasteiger partial charge in [0.15, 0.2) is 0 Å². The first kappa shape index (κ1) is 13.6. The van der Waals surface area contributed by atoms with Crippen LogP contribution in [0.4, 0.5) is 0 Å². The Morgan fingerprint density at radius 3 is 2.84 bits per heavy atom. The summed E-state index contributed by atoms with van der Waals surface area (Å²) in [5.74, 6) is 5.51. The number of rotatable bonds is 3. The van der Waals surface area contributed by atoms with Crippen LogP contribution in [0, 0.1) is 6.92 Å². The molecule has 2 rings (SSSR count). The number of nitrogens with one attached hydrogen (secondary N) is 2. The number of nitrogens with two attached hydrogens (primary N) is 1. The van der Waals surface area contributed by atoms with Gasteiger partial charge in [-0.15, -0.1) is 0 Å². The van der Waals surface area contributed by atoms with Crippen molar-refractivity contribution in [1.82, 2.24) is 15.6 Å². The van der Waals surface area contributed by atoms with Gasteiger partial charge in [-0.25, -0.2) is 5.84 Å². The second-order valence-electron chi connectivity index (χ2n) is 3.90. The number of hydrazine groups is 1. The smallest absolute Gasteiger partial charge is 0.269 e. The van der Waals surface area contributed by atoms with Crippen molar-refractivity contribution in [2.45, 2.75) is 6.92 Å². The van der Waals surface area contributed by atoms with E-state index in [9.17, 15) is 4.79 Å². The highest BCUT2D eigenvalue weighted by atomic mass is 79.9. The summed E-state index contributed by atoms with van der Waals surface area (Å²) in [6.45, 7) is 1.76. The minimum absolute atomic E-state index is 0.381. The molecule has 4 N–H and O–H groups in total. The van der Waals surface area contributed by atoms with Crippen LogP contribution in [0.5, 0.6) is 5.75 Å². The highest BCUT2D eigenvalue weighted by molar-refractivity contribution is 9.10. The topological polar surface area (TPSA) is 93.0 Å². The zero-order chi connectivity index (χ0) is 14.0. The van der Waals surface area contributed by atoms with Crippen LogP contribution in [0.3, 0.4) is 0 Å². The minimum Gasteiger partial charge on any atom is -0.496 e. The van der Waals surface area contributed by atoms with Crippen molar-refractivity contribution < 1.29 is 9.53 Å². The maximum absolute atomic E-state index is 11.8. The van der Waals surface area contributed by atoms with Crippen LogP contribution in [-0.2, 0) is 0 Å². The molecule has 1 aromatic heterocycles. The summed E-state index contributed by atoms with van der Waals surface area (Å²) in [5, 5.41) is 6.93. The predicted octanol–water partition coefficient (Wildman–Crippen LogP) is 1.76. The largest absolute Gasteiger partial charge is 0.496 e. The van der Waals surface area contributed by atoms with Crippen molar-refractivity contribution in [3.63, 3.8) is 0 Å². The number of H-pyrrole nitrogens is 1. The average Bonchev–Trinajstić information content (AvgIpc) is 2.79. The summed E-state index contributed by atoms with van der Waals surface area (Å²) in [5.41, 5.74) is 4.54. The third kappa shape index (κ3) is 2.47. The van der Waals surface area contributed by atoms with Gasteiger partial charge in [0.1, 0.15) is 11.4 Å². The van der Waals surface area contributed by atoms with Crippen molar-refractivity contribution >= 4 is 21.8 Å². The molecule has 0 aliphatic rings. The summed E-state index contributed by atoms with van der Waals surface area (Å²) < 4.78 is 5.95. The lowest BCUT2D eigenvalue weighted by Crippen LogP contribution is -2.30. The molecule has 7 heteroatoms. The maximum Gasteiger partial charge on any atom is 0.269 e. The van der Waals surface area contributed by atoms with Crippen molar-refractivity contribution in [1.29, 1.82) is 0 Å². The fourth-order valence-electron chi connectivity index (χ4n) is 1.80. The van der Waals surface area contributed by atoms with Gasteiger partial charge in [0.2, 0.25) is 0 Å². The first-order chi connectivity index (χ1) is 9.08. The number of nitrogens with zero attached hydrogens (tertiary/aromatic N) is 1. The Bertz CT molecular complexity index is 624. The first-order valence-corrected chi connectivity index (χ1v) is 6.27. The van der Waals surface area contributed by atoms with Gasteiger partial charge in [-0.3, -0.25) is 15.3 Å². The van der Waals surface area contributed by atoms with E-state index in [4.69, 9.17) is 10.6 Å². The zero-order valence-corrected chi connectivity index (χ0v) is 12.0. The van der Waals surface area contributed by atoms with Gasteiger partial charge in [-0.05, 0) is 41.1 Å². The molecule has 19 heavy (non-hydrogen) atoms. The number of carbonyl (C=O) groups is 1. The van der Waals surface area contributed by atoms with E-state index in [2.05, 4.69) is 31.6 Å². The Hall–Kier alpha value is -1.86. The third-order valence-electron chi connectivity index (χ3n) is 2.73. The van der Waals surface area contributed by atoms with E-state index in [1.54, 1.807) is 20.1 Å². The van der Waals surface area contributed by atoms with E-state index in [0.29, 0.717) is 22.7 Å². The molecule has 0 atom stereocenters. The molecule has 0 fully saturated rings. The monoisotopic (exact) mass is 324 g/mol. The van der Waals surface area contributed by atoms with Gasteiger partial charge < -0.3 is 4.74 Å². The predicted molar refractivity (Wildman–Crippen MR) is 74.7 cm³/mol. The molecule has 6 nitrogen and oxygen atoms in total. The number of hydrogen-bond acceptors (Lipinski definition) is 4. The normalized spacial score (nSPS) is 10.3. The van der Waals surface area contributed by atoms with Crippen LogP contribution in [0.2, 0.25) is 0 Å². The summed E-state index contributed by atoms with van der Waals surface area (Å²) in [4.78, 5) is 11.8. The van der Waals surface area contributed by atoms with Gasteiger partial charge >= 0.3 is 0 Å². The van der Waals surface area contributed by atoms with Crippen LogP contribution >= 0.6 is 15.9 Å². The molecule has 1 aromatic carbocycles. The number of nitrogen functional groups attached to an aromatic ring is 1. The van der Waals surface area contributed by atoms with Gasteiger partial charge in [0.05, 0.1) is 17.1 Å². The first-order valence-electron chi connectivity index (χ1n) is 5.48. The van der Waals surface area contributed by atoms with Gasteiger partial charge in [0, 0.05) is 11.3 Å². The van der Waals surface area contributed by atoms with E-state index < -0.39 is 0 Å². The molecule has 0 aliphatic carbocycles. The summed E-state index contributed by atoms with van der Waals surface area (Å²) in [6, 6.07) is 5.46. The maximum atomic E-state index is 11.8. The lowest BCUT2D eigenvalue weighted by molar-refractivity contribution is 0.0954. The molecule has 100 valence electrons. The Morgan fingerprint density at radius 1 is 1.53 bits per heavy atom. The number of ether oxygens (including phenoxy) is 1. The standard InChI is InChI=1S/C12H13BrN4O2/c1-6-10(12(18)15-14)11(17-16-6)7-3-4-9(19-2)8(13)5-7/h3-5H,14H2,1-2H3,(H,15,18)(H,16,17). The van der Waals surface area contributed by atoms with Crippen LogP contribution in [-0.4, -0.2) is 23.2 Å². The van der Waals surface area contributed by atoms with Crippen LogP contribution in [0.1, 0.15) is 16.1 Å². The van der Waals surface area contributed by atoms with Crippen LogP contribution < -0.4 is 16.0 Å². The number of carbonyl (C=O) groups excluding carboxylic acids is 1. The molecular formula is C12H13BrN4O2. The Kier molecular flexibility index (Phi) is 3.87. The Balaban J connectivity index is 2.53. The van der Waals surface area contributed by atoms with Crippen molar-refractivity contribution in [2.24, 2.45) is 5.84 Å². The number of hydrogen-bond donors (Lipinski definition) is 3. The van der Waals surface area contributed by atoms with Crippen molar-refractivity contribution in [3.05, 3.63) is 33.9 Å². The summed E-state index contributed by atoms with van der Waals surface area (Å²) in [6.07, 6.45) is 0. The average molecular weight is 325 g/mol. The van der Waals surface area contributed by atoms with Crippen molar-refractivity contribution in [2.75, 3.05) is 7.11 Å². The number of methoxy groups -OCH3 is 1. The van der Waals surface area contributed by atoms with Crippen LogP contribution in [0.15, 0.2) is 22.7 Å². The Labute approximate surface area is 118 Å². The second kappa shape index (κ2) is 5.41. The summed E-state index contributed by atoms with van der Waals surface area (Å²) in [7, 11) is 1.59. The lowest BCUT2D eigenvalue weighted by atomic mass is 10.1. The number of aromatic amines is 1. The number of benzene rings is 1. The van der Waals surface area contributed by atoms with Crippen LogP contribution in [0.25, 0.3) is 11.3 Å². The molecular weight excluding hydrogens is 312 g/mol. The molecule has 0 aliphatic heterocycles. The number of aromatic nitrogens is 2. The SMILES string of the molecule is COc1ccc(-c2n[nH]c(C)c2C(=O)NN)cc1Br. The molecule has 0 saturated heterocycles. The van der Waals surface area contributed by atoms with Gasteiger partial charge in [-0.1, -0.05) is 0 Å². The molecule has 2 aromatic rings. The molecule has 0 spiro atoms. The quantitative estimate of drug-likeness (QED) is 0.455. The van der Waals surface area contributed by atoms with E-state index >= 15 is 0 Å². The second-order valence-corrected chi connectivity index (χ2v) is 4.75. The number of halogens is 1. The fraction of sp³-hybridized carbons (Fsp3) is 0.167. The molecule has 1 heterocycles. The number of aryl methyl sites for hydroxylation is 1. The van der Waals surface area contributed by atoms with Crippen molar-refractivity contribution in [3.8, 4) is 17.0 Å². The fourth-order valence-corrected chi connectivity index (χ4v) is 2.34. The molecule has 0 unspecified atom stereocenters. The highest BCUT2D eigenvalue weighted by Gasteiger charge is 2.19. The Morgan fingerprint density at radius 2 is 2.26 bits per heavy atom. The third-order valence-corrected chi connectivity index (χ3v) is 3.35. The van der Waals surface area contributed by atoms with Gasteiger partial charge in [-0.2, -0.15) is 5.10 Å². The molecule has 0 radical (unpaired) electrons. The van der Waals surface area contributed by atoms with E-state index in [-0.39, 0.29) is 5.91 Å². The highest BCUT2D eigenvalue weighted by Crippen LogP contribution is 2.31. The summed E-state index contributed by atoms with van der Waals surface area (Å²) >= 11 is 3.40. The number of amides is 1. The zero-order valence-electron chi connectivity index (χ0n) is 10.5. The van der Waals surface area contributed by atoms with E-state index in [0.717, 1.165) is 10.0 Å². The molecule has 0 bridgehead atoms. The lowest BCUT2D eigenvalue weighted by Gasteiger charge is -2.06. The van der Waals surface area contributed by atoms with E-state index in [1.165, 1.54) is 0 Å². The van der Waals surface area contributed by atoms with Gasteiger partial charge in [0.25, 0.3) is 5.91 Å².